The molecule has 3 heterocycles. The first-order chi connectivity index (χ1) is 17.0. The van der Waals surface area contributed by atoms with Gasteiger partial charge in [0.2, 0.25) is 0 Å². The SMILES string of the molecule is Cc1c(-c2ccccc2)nc2ccccc2c1C(=O)N1CCN(c2ccc(CN(C)C)cn2)CC1. The number of amides is 1. The predicted octanol–water partition coefficient (Wildman–Crippen LogP) is 4.63. The number of pyridine rings is 2. The van der Waals surface area contributed by atoms with Gasteiger partial charge in [0.15, 0.2) is 0 Å². The Morgan fingerprint density at radius 1 is 0.914 bits per heavy atom. The van der Waals surface area contributed by atoms with E-state index in [-0.39, 0.29) is 5.91 Å². The van der Waals surface area contributed by atoms with Gasteiger partial charge in [0.1, 0.15) is 5.82 Å². The van der Waals surface area contributed by atoms with Crippen molar-refractivity contribution >= 4 is 22.6 Å². The van der Waals surface area contributed by atoms with E-state index in [4.69, 9.17) is 4.98 Å². The van der Waals surface area contributed by atoms with E-state index in [0.717, 1.165) is 58.7 Å². The van der Waals surface area contributed by atoms with Gasteiger partial charge in [-0.2, -0.15) is 0 Å². The van der Waals surface area contributed by atoms with Crippen LogP contribution in [0.1, 0.15) is 21.5 Å². The Bertz CT molecular complexity index is 1330. The van der Waals surface area contributed by atoms with Gasteiger partial charge in [-0.05, 0) is 44.3 Å². The molecule has 5 rings (SSSR count). The maximum atomic E-state index is 13.9. The lowest BCUT2D eigenvalue weighted by Crippen LogP contribution is -2.49. The van der Waals surface area contributed by atoms with Gasteiger partial charge in [0.05, 0.1) is 16.8 Å². The number of rotatable bonds is 5. The molecule has 6 nitrogen and oxygen atoms in total. The molecule has 0 bridgehead atoms. The van der Waals surface area contributed by atoms with Crippen LogP contribution in [0.5, 0.6) is 0 Å². The molecule has 0 atom stereocenters. The Morgan fingerprint density at radius 3 is 2.31 bits per heavy atom. The van der Waals surface area contributed by atoms with Crippen LogP contribution >= 0.6 is 0 Å². The average molecular weight is 466 g/mol. The molecular weight excluding hydrogens is 434 g/mol. The van der Waals surface area contributed by atoms with Crippen molar-refractivity contribution in [1.29, 1.82) is 0 Å². The van der Waals surface area contributed by atoms with E-state index in [1.165, 1.54) is 5.56 Å². The zero-order chi connectivity index (χ0) is 24.4. The Labute approximate surface area is 206 Å². The Balaban J connectivity index is 1.39. The molecule has 0 spiro atoms. The van der Waals surface area contributed by atoms with Crippen molar-refractivity contribution in [3.63, 3.8) is 0 Å². The number of aromatic nitrogens is 2. The van der Waals surface area contributed by atoms with Crippen LogP contribution in [0.15, 0.2) is 72.9 Å². The van der Waals surface area contributed by atoms with Gasteiger partial charge >= 0.3 is 0 Å². The molecule has 0 saturated carbocycles. The van der Waals surface area contributed by atoms with E-state index in [0.29, 0.717) is 13.1 Å². The molecule has 2 aromatic carbocycles. The summed E-state index contributed by atoms with van der Waals surface area (Å²) in [5.41, 5.74) is 5.63. The average Bonchev–Trinajstić information content (AvgIpc) is 2.89. The topological polar surface area (TPSA) is 52.6 Å². The number of anilines is 1. The highest BCUT2D eigenvalue weighted by Gasteiger charge is 2.27. The molecule has 6 heteroatoms. The molecule has 35 heavy (non-hydrogen) atoms. The number of carbonyl (C=O) groups is 1. The molecule has 0 aliphatic carbocycles. The van der Waals surface area contributed by atoms with Gasteiger partial charge < -0.3 is 14.7 Å². The summed E-state index contributed by atoms with van der Waals surface area (Å²) in [6.07, 6.45) is 1.95. The predicted molar refractivity (Wildman–Crippen MR) is 142 cm³/mol. The largest absolute Gasteiger partial charge is 0.353 e. The fourth-order valence-electron chi connectivity index (χ4n) is 4.82. The van der Waals surface area contributed by atoms with Crippen molar-refractivity contribution in [2.75, 3.05) is 45.2 Å². The zero-order valence-corrected chi connectivity index (χ0v) is 20.6. The van der Waals surface area contributed by atoms with Crippen LogP contribution in [0.3, 0.4) is 0 Å². The van der Waals surface area contributed by atoms with Gasteiger partial charge in [0, 0.05) is 49.9 Å². The summed E-state index contributed by atoms with van der Waals surface area (Å²) in [5, 5.41) is 0.912. The molecule has 0 unspecified atom stereocenters. The fraction of sp³-hybridized carbons (Fsp3) is 0.276. The Morgan fingerprint density at radius 2 is 1.63 bits per heavy atom. The number of hydrogen-bond donors (Lipinski definition) is 0. The van der Waals surface area contributed by atoms with Gasteiger partial charge in [-0.3, -0.25) is 4.79 Å². The second kappa shape index (κ2) is 9.84. The molecule has 1 aliphatic heterocycles. The van der Waals surface area contributed by atoms with Gasteiger partial charge in [-0.25, -0.2) is 9.97 Å². The molecule has 1 amide bonds. The molecule has 1 saturated heterocycles. The number of nitrogens with zero attached hydrogens (tertiary/aromatic N) is 5. The van der Waals surface area contributed by atoms with E-state index in [2.05, 4.69) is 41.0 Å². The van der Waals surface area contributed by atoms with Gasteiger partial charge in [0.25, 0.3) is 5.91 Å². The maximum Gasteiger partial charge on any atom is 0.255 e. The molecule has 0 N–H and O–H groups in total. The van der Waals surface area contributed by atoms with E-state index in [9.17, 15) is 4.79 Å². The molecule has 178 valence electrons. The normalized spacial score (nSPS) is 14.1. The van der Waals surface area contributed by atoms with Crippen molar-refractivity contribution in [3.8, 4) is 11.3 Å². The molecule has 4 aromatic rings. The van der Waals surface area contributed by atoms with Crippen LogP contribution in [-0.2, 0) is 6.54 Å². The highest BCUT2D eigenvalue weighted by molar-refractivity contribution is 6.09. The Hall–Kier alpha value is -3.77. The van der Waals surface area contributed by atoms with E-state index < -0.39 is 0 Å². The molecule has 1 aliphatic rings. The van der Waals surface area contributed by atoms with Gasteiger partial charge in [-0.1, -0.05) is 54.6 Å². The van der Waals surface area contributed by atoms with E-state index in [1.807, 2.05) is 72.6 Å². The lowest BCUT2D eigenvalue weighted by Gasteiger charge is -2.36. The van der Waals surface area contributed by atoms with Gasteiger partial charge in [-0.15, -0.1) is 0 Å². The summed E-state index contributed by atoms with van der Waals surface area (Å²) in [7, 11) is 4.11. The van der Waals surface area contributed by atoms with Crippen molar-refractivity contribution in [2.45, 2.75) is 13.5 Å². The quantitative estimate of drug-likeness (QED) is 0.430. The van der Waals surface area contributed by atoms with Crippen LogP contribution in [0, 0.1) is 6.92 Å². The lowest BCUT2D eigenvalue weighted by atomic mass is 9.96. The maximum absolute atomic E-state index is 13.9. The third-order valence-electron chi connectivity index (χ3n) is 6.60. The van der Waals surface area contributed by atoms with Crippen molar-refractivity contribution in [2.24, 2.45) is 0 Å². The number of piperazine rings is 1. The summed E-state index contributed by atoms with van der Waals surface area (Å²) < 4.78 is 0. The summed E-state index contributed by atoms with van der Waals surface area (Å²) in [6, 6.07) is 22.3. The lowest BCUT2D eigenvalue weighted by molar-refractivity contribution is 0.0748. The summed E-state index contributed by atoms with van der Waals surface area (Å²) >= 11 is 0. The third-order valence-corrected chi connectivity index (χ3v) is 6.60. The number of para-hydroxylation sites is 1. The first-order valence-electron chi connectivity index (χ1n) is 12.1. The zero-order valence-electron chi connectivity index (χ0n) is 20.6. The highest BCUT2D eigenvalue weighted by atomic mass is 16.2. The number of carbonyl (C=O) groups excluding carboxylic acids is 1. The number of hydrogen-bond acceptors (Lipinski definition) is 5. The monoisotopic (exact) mass is 465 g/mol. The second-order valence-corrected chi connectivity index (χ2v) is 9.39. The first-order valence-corrected chi connectivity index (χ1v) is 12.1. The summed E-state index contributed by atoms with van der Waals surface area (Å²) in [6.45, 7) is 5.75. The van der Waals surface area contributed by atoms with Crippen LogP contribution in [0.25, 0.3) is 22.2 Å². The fourth-order valence-corrected chi connectivity index (χ4v) is 4.82. The minimum absolute atomic E-state index is 0.0761. The molecular formula is C29H31N5O. The molecule has 0 radical (unpaired) electrons. The molecule has 1 fully saturated rings. The van der Waals surface area contributed by atoms with E-state index >= 15 is 0 Å². The van der Waals surface area contributed by atoms with Crippen LogP contribution in [0.2, 0.25) is 0 Å². The second-order valence-electron chi connectivity index (χ2n) is 9.39. The molecule has 2 aromatic heterocycles. The van der Waals surface area contributed by atoms with Crippen molar-refractivity contribution in [3.05, 3.63) is 89.6 Å². The number of fused-ring (bicyclic) bond motifs is 1. The first kappa shape index (κ1) is 23.0. The summed E-state index contributed by atoms with van der Waals surface area (Å²) in [5.74, 6) is 1.05. The van der Waals surface area contributed by atoms with Crippen LogP contribution in [-0.4, -0.2) is 65.9 Å². The Kier molecular flexibility index (Phi) is 6.47. The standard InChI is InChI=1S/C29H31N5O/c1-21-27(24-11-7-8-12-25(24)31-28(21)23-9-5-4-6-10-23)29(35)34-17-15-33(16-18-34)26-14-13-22(19-30-26)20-32(2)3/h4-14,19H,15-18,20H2,1-3H3. The van der Waals surface area contributed by atoms with Crippen LogP contribution < -0.4 is 4.90 Å². The van der Waals surface area contributed by atoms with Crippen molar-refractivity contribution in [1.82, 2.24) is 19.8 Å². The van der Waals surface area contributed by atoms with Crippen molar-refractivity contribution < 1.29 is 4.79 Å². The minimum Gasteiger partial charge on any atom is -0.353 e. The van der Waals surface area contributed by atoms with Crippen LogP contribution in [0.4, 0.5) is 5.82 Å². The summed E-state index contributed by atoms with van der Waals surface area (Å²) in [4.78, 5) is 29.8. The van der Waals surface area contributed by atoms with E-state index in [1.54, 1.807) is 0 Å². The highest BCUT2D eigenvalue weighted by Crippen LogP contribution is 2.31. The minimum atomic E-state index is 0.0761. The third kappa shape index (κ3) is 4.75. The smallest absolute Gasteiger partial charge is 0.255 e. The number of benzene rings is 2.